The SMILES string of the molecule is CCNc1cc(N(CC)c2cccc(C)c2)nc(N)n1. The molecule has 0 fully saturated rings. The Kier molecular flexibility index (Phi) is 4.40. The van der Waals surface area contributed by atoms with Gasteiger partial charge in [0.05, 0.1) is 0 Å². The van der Waals surface area contributed by atoms with Crippen molar-refractivity contribution in [1.82, 2.24) is 9.97 Å². The predicted molar refractivity (Wildman–Crippen MR) is 84.5 cm³/mol. The quantitative estimate of drug-likeness (QED) is 0.875. The molecule has 0 aliphatic heterocycles. The number of aromatic nitrogens is 2. The van der Waals surface area contributed by atoms with Crippen molar-refractivity contribution in [2.75, 3.05) is 29.0 Å². The second-order valence-corrected chi connectivity index (χ2v) is 4.58. The van der Waals surface area contributed by atoms with Crippen molar-refractivity contribution in [3.63, 3.8) is 0 Å². The molecule has 0 bridgehead atoms. The molecule has 0 unspecified atom stereocenters. The third kappa shape index (κ3) is 3.17. The summed E-state index contributed by atoms with van der Waals surface area (Å²) < 4.78 is 0. The maximum Gasteiger partial charge on any atom is 0.223 e. The van der Waals surface area contributed by atoms with Gasteiger partial charge in [0, 0.05) is 24.8 Å². The van der Waals surface area contributed by atoms with Gasteiger partial charge in [0.1, 0.15) is 11.6 Å². The largest absolute Gasteiger partial charge is 0.370 e. The van der Waals surface area contributed by atoms with Crippen molar-refractivity contribution in [3.05, 3.63) is 35.9 Å². The first-order chi connectivity index (χ1) is 9.63. The minimum absolute atomic E-state index is 0.282. The van der Waals surface area contributed by atoms with Crippen LogP contribution >= 0.6 is 0 Å². The number of benzene rings is 1. The van der Waals surface area contributed by atoms with E-state index in [2.05, 4.69) is 52.2 Å². The minimum Gasteiger partial charge on any atom is -0.370 e. The second-order valence-electron chi connectivity index (χ2n) is 4.58. The number of aryl methyl sites for hydroxylation is 1. The van der Waals surface area contributed by atoms with Crippen LogP contribution in [-0.2, 0) is 0 Å². The van der Waals surface area contributed by atoms with Crippen LogP contribution in [-0.4, -0.2) is 23.1 Å². The molecule has 0 spiro atoms. The Morgan fingerprint density at radius 2 is 2.00 bits per heavy atom. The zero-order chi connectivity index (χ0) is 14.5. The average Bonchev–Trinajstić information content (AvgIpc) is 2.39. The minimum atomic E-state index is 0.282. The molecule has 0 amide bonds. The van der Waals surface area contributed by atoms with E-state index in [-0.39, 0.29) is 5.95 Å². The highest BCUT2D eigenvalue weighted by Gasteiger charge is 2.11. The summed E-state index contributed by atoms with van der Waals surface area (Å²) in [4.78, 5) is 10.6. The Hall–Kier alpha value is -2.30. The molecule has 0 atom stereocenters. The third-order valence-electron chi connectivity index (χ3n) is 2.99. The molecule has 0 aliphatic rings. The molecule has 1 aromatic carbocycles. The Morgan fingerprint density at radius 3 is 2.65 bits per heavy atom. The number of hydrogen-bond acceptors (Lipinski definition) is 5. The topological polar surface area (TPSA) is 67.1 Å². The van der Waals surface area contributed by atoms with Crippen LogP contribution in [0, 0.1) is 6.92 Å². The lowest BCUT2D eigenvalue weighted by Gasteiger charge is -2.23. The highest BCUT2D eigenvalue weighted by Crippen LogP contribution is 2.26. The maximum absolute atomic E-state index is 5.80. The van der Waals surface area contributed by atoms with Gasteiger partial charge in [-0.1, -0.05) is 12.1 Å². The van der Waals surface area contributed by atoms with Crippen molar-refractivity contribution in [2.24, 2.45) is 0 Å². The van der Waals surface area contributed by atoms with E-state index in [4.69, 9.17) is 5.73 Å². The number of nitrogen functional groups attached to an aromatic ring is 1. The molecular formula is C15H21N5. The van der Waals surface area contributed by atoms with Gasteiger partial charge in [-0.3, -0.25) is 0 Å². The number of anilines is 4. The van der Waals surface area contributed by atoms with Crippen LogP contribution in [0.3, 0.4) is 0 Å². The van der Waals surface area contributed by atoms with Crippen molar-refractivity contribution in [1.29, 1.82) is 0 Å². The van der Waals surface area contributed by atoms with Gasteiger partial charge >= 0.3 is 0 Å². The molecule has 106 valence electrons. The molecule has 0 saturated heterocycles. The Morgan fingerprint density at radius 1 is 1.20 bits per heavy atom. The monoisotopic (exact) mass is 271 g/mol. The summed E-state index contributed by atoms with van der Waals surface area (Å²) in [7, 11) is 0. The van der Waals surface area contributed by atoms with Crippen molar-refractivity contribution in [2.45, 2.75) is 20.8 Å². The molecule has 2 rings (SSSR count). The molecule has 5 nitrogen and oxygen atoms in total. The Bertz CT molecular complexity index is 582. The summed E-state index contributed by atoms with van der Waals surface area (Å²) >= 11 is 0. The lowest BCUT2D eigenvalue weighted by molar-refractivity contribution is 0.977. The van der Waals surface area contributed by atoms with Gasteiger partial charge in [-0.25, -0.2) is 0 Å². The maximum atomic E-state index is 5.80. The third-order valence-corrected chi connectivity index (χ3v) is 2.99. The first kappa shape index (κ1) is 14.1. The first-order valence-electron chi connectivity index (χ1n) is 6.86. The Labute approximate surface area is 119 Å². The summed E-state index contributed by atoms with van der Waals surface area (Å²) in [6.07, 6.45) is 0. The van der Waals surface area contributed by atoms with Crippen molar-refractivity contribution < 1.29 is 0 Å². The lowest BCUT2D eigenvalue weighted by Crippen LogP contribution is -2.19. The van der Waals surface area contributed by atoms with E-state index in [1.807, 2.05) is 19.1 Å². The van der Waals surface area contributed by atoms with Gasteiger partial charge in [-0.05, 0) is 38.5 Å². The summed E-state index contributed by atoms with van der Waals surface area (Å²) in [5, 5.41) is 3.17. The van der Waals surface area contributed by atoms with E-state index >= 15 is 0 Å². The normalized spacial score (nSPS) is 10.3. The number of rotatable bonds is 5. The summed E-state index contributed by atoms with van der Waals surface area (Å²) in [6, 6.07) is 10.3. The summed E-state index contributed by atoms with van der Waals surface area (Å²) in [6.45, 7) is 7.80. The zero-order valence-electron chi connectivity index (χ0n) is 12.2. The predicted octanol–water partition coefficient (Wildman–Crippen LogP) is 2.96. The number of nitrogens with one attached hydrogen (secondary N) is 1. The molecule has 0 aliphatic carbocycles. The molecular weight excluding hydrogens is 250 g/mol. The average molecular weight is 271 g/mol. The van der Waals surface area contributed by atoms with E-state index in [1.165, 1.54) is 5.56 Å². The van der Waals surface area contributed by atoms with Crippen LogP contribution in [0.2, 0.25) is 0 Å². The molecule has 20 heavy (non-hydrogen) atoms. The second kappa shape index (κ2) is 6.23. The van der Waals surface area contributed by atoms with Crippen LogP contribution in [0.25, 0.3) is 0 Å². The van der Waals surface area contributed by atoms with Gasteiger partial charge < -0.3 is 16.0 Å². The lowest BCUT2D eigenvalue weighted by atomic mass is 10.2. The van der Waals surface area contributed by atoms with Gasteiger partial charge in [0.15, 0.2) is 0 Å². The van der Waals surface area contributed by atoms with E-state index in [9.17, 15) is 0 Å². The van der Waals surface area contributed by atoms with E-state index in [0.29, 0.717) is 0 Å². The highest BCUT2D eigenvalue weighted by atomic mass is 15.2. The van der Waals surface area contributed by atoms with Gasteiger partial charge in [-0.2, -0.15) is 9.97 Å². The molecule has 0 radical (unpaired) electrons. The van der Waals surface area contributed by atoms with Crippen LogP contribution in [0.1, 0.15) is 19.4 Å². The zero-order valence-corrected chi connectivity index (χ0v) is 12.2. The smallest absolute Gasteiger partial charge is 0.223 e. The van der Waals surface area contributed by atoms with E-state index in [0.717, 1.165) is 30.4 Å². The molecule has 2 aromatic rings. The molecule has 5 heteroatoms. The summed E-state index contributed by atoms with van der Waals surface area (Å²) in [5.74, 6) is 1.84. The fraction of sp³-hybridized carbons (Fsp3) is 0.333. The fourth-order valence-corrected chi connectivity index (χ4v) is 2.14. The van der Waals surface area contributed by atoms with Crippen LogP contribution in [0.4, 0.5) is 23.3 Å². The molecule has 1 heterocycles. The molecule has 3 N–H and O–H groups in total. The van der Waals surface area contributed by atoms with E-state index < -0.39 is 0 Å². The van der Waals surface area contributed by atoms with Crippen LogP contribution in [0.5, 0.6) is 0 Å². The van der Waals surface area contributed by atoms with Gasteiger partial charge in [0.2, 0.25) is 5.95 Å². The summed E-state index contributed by atoms with van der Waals surface area (Å²) in [5.41, 5.74) is 8.12. The molecule has 1 aromatic heterocycles. The van der Waals surface area contributed by atoms with Gasteiger partial charge in [-0.15, -0.1) is 0 Å². The van der Waals surface area contributed by atoms with Crippen LogP contribution < -0.4 is 16.0 Å². The highest BCUT2D eigenvalue weighted by molar-refractivity contribution is 5.64. The number of nitrogens with zero attached hydrogens (tertiary/aromatic N) is 3. The van der Waals surface area contributed by atoms with Gasteiger partial charge in [0.25, 0.3) is 0 Å². The standard InChI is InChI=1S/C15H21N5/c1-4-17-13-10-14(19-15(16)18-13)20(5-2)12-8-6-7-11(3)9-12/h6-10H,4-5H2,1-3H3,(H3,16,17,18,19). The Balaban J connectivity index is 2.41. The molecule has 0 saturated carbocycles. The van der Waals surface area contributed by atoms with Crippen molar-refractivity contribution in [3.8, 4) is 0 Å². The van der Waals surface area contributed by atoms with Crippen LogP contribution in [0.15, 0.2) is 30.3 Å². The first-order valence-corrected chi connectivity index (χ1v) is 6.86. The van der Waals surface area contributed by atoms with E-state index in [1.54, 1.807) is 0 Å². The van der Waals surface area contributed by atoms with Crippen molar-refractivity contribution >= 4 is 23.3 Å². The fourth-order valence-electron chi connectivity index (χ4n) is 2.14. The number of hydrogen-bond donors (Lipinski definition) is 2. The number of nitrogens with two attached hydrogens (primary N) is 1.